The van der Waals surface area contributed by atoms with Crippen molar-refractivity contribution in [1.29, 1.82) is 0 Å². The van der Waals surface area contributed by atoms with Crippen LogP contribution in [-0.4, -0.2) is 39.3 Å². The van der Waals surface area contributed by atoms with E-state index < -0.39 is 23.6 Å². The Morgan fingerprint density at radius 2 is 2.00 bits per heavy atom. The third kappa shape index (κ3) is 6.36. The number of carboxylic acids is 1. The molecule has 0 amide bonds. The molecule has 5 heteroatoms. The van der Waals surface area contributed by atoms with Crippen LogP contribution in [0.5, 0.6) is 0 Å². The smallest absolute Gasteiger partial charge is 0.303 e. The molecule has 5 nitrogen and oxygen atoms in total. The highest BCUT2D eigenvalue weighted by Crippen LogP contribution is 2.40. The minimum Gasteiger partial charge on any atom is -0.481 e. The van der Waals surface area contributed by atoms with Gasteiger partial charge in [-0.05, 0) is 26.2 Å². The van der Waals surface area contributed by atoms with Crippen molar-refractivity contribution in [2.24, 2.45) is 11.3 Å². The van der Waals surface area contributed by atoms with Gasteiger partial charge in [0.25, 0.3) is 0 Å². The molecule has 1 saturated carbocycles. The molecule has 1 aliphatic carbocycles. The van der Waals surface area contributed by atoms with Crippen LogP contribution < -0.4 is 0 Å². The van der Waals surface area contributed by atoms with E-state index in [2.05, 4.69) is 6.92 Å². The summed E-state index contributed by atoms with van der Waals surface area (Å²) in [5.74, 6) is -0.983. The number of carboxylic acid groups (broad SMARTS) is 1. The molecule has 4 atom stereocenters. The van der Waals surface area contributed by atoms with Gasteiger partial charge in [0.15, 0.2) is 0 Å². The standard InChI is InChI=1S/C21H34O5/c1-4-6-12-21(3,16(5-2)8-7-9-20(25)26)19(24)11-10-15-13-17(22)14-18(15)23/h5,10-11,15,18-19,23-24H,4,6-9,12-14H2,1-3H3,(H,25,26)/b11-10+,16-5+/t15-,18?,19?,21?/m1/s1. The van der Waals surface area contributed by atoms with Crippen molar-refractivity contribution in [3.05, 3.63) is 23.8 Å². The molecule has 148 valence electrons. The summed E-state index contributed by atoms with van der Waals surface area (Å²) in [5.41, 5.74) is 0.584. The normalized spacial score (nSPS) is 24.8. The summed E-state index contributed by atoms with van der Waals surface area (Å²) in [6, 6.07) is 0. The van der Waals surface area contributed by atoms with Gasteiger partial charge in [-0.2, -0.15) is 0 Å². The summed E-state index contributed by atoms with van der Waals surface area (Å²) in [6.45, 7) is 6.04. The number of aliphatic carboxylic acids is 1. The summed E-state index contributed by atoms with van der Waals surface area (Å²) < 4.78 is 0. The highest BCUT2D eigenvalue weighted by Gasteiger charge is 2.35. The lowest BCUT2D eigenvalue weighted by atomic mass is 9.71. The molecule has 3 N–H and O–H groups in total. The lowest BCUT2D eigenvalue weighted by Gasteiger charge is -2.36. The molecule has 0 aromatic carbocycles. The monoisotopic (exact) mass is 366 g/mol. The number of aliphatic hydroxyl groups is 2. The van der Waals surface area contributed by atoms with E-state index in [1.165, 1.54) is 0 Å². The zero-order chi connectivity index (χ0) is 19.7. The van der Waals surface area contributed by atoms with Gasteiger partial charge < -0.3 is 15.3 Å². The zero-order valence-corrected chi connectivity index (χ0v) is 16.3. The van der Waals surface area contributed by atoms with Crippen LogP contribution in [0.15, 0.2) is 23.8 Å². The fraction of sp³-hybridized carbons (Fsp3) is 0.714. The van der Waals surface area contributed by atoms with E-state index >= 15 is 0 Å². The van der Waals surface area contributed by atoms with Crippen LogP contribution in [0.1, 0.15) is 72.1 Å². The number of ketones is 1. The lowest BCUT2D eigenvalue weighted by Crippen LogP contribution is -2.33. The van der Waals surface area contributed by atoms with Crippen molar-refractivity contribution in [3.8, 4) is 0 Å². The molecule has 1 fully saturated rings. The quantitative estimate of drug-likeness (QED) is 0.485. The Labute approximate surface area is 156 Å². The van der Waals surface area contributed by atoms with Gasteiger partial charge in [-0.1, -0.05) is 50.5 Å². The van der Waals surface area contributed by atoms with Crippen LogP contribution >= 0.6 is 0 Å². The lowest BCUT2D eigenvalue weighted by molar-refractivity contribution is -0.137. The molecule has 1 aliphatic rings. The molecular weight excluding hydrogens is 332 g/mol. The van der Waals surface area contributed by atoms with Crippen molar-refractivity contribution < 1.29 is 24.9 Å². The minimum atomic E-state index is -0.809. The number of carbonyl (C=O) groups excluding carboxylic acids is 1. The van der Waals surface area contributed by atoms with Crippen molar-refractivity contribution >= 4 is 11.8 Å². The van der Waals surface area contributed by atoms with Gasteiger partial charge in [0.1, 0.15) is 5.78 Å². The number of unbranched alkanes of at least 4 members (excludes halogenated alkanes) is 1. The van der Waals surface area contributed by atoms with E-state index in [0.29, 0.717) is 19.3 Å². The molecule has 3 unspecified atom stereocenters. The first-order valence-corrected chi connectivity index (χ1v) is 9.68. The zero-order valence-electron chi connectivity index (χ0n) is 16.3. The van der Waals surface area contributed by atoms with E-state index in [-0.39, 0.29) is 24.5 Å². The molecule has 1 rings (SSSR count). The summed E-state index contributed by atoms with van der Waals surface area (Å²) in [4.78, 5) is 22.3. The maximum absolute atomic E-state index is 11.5. The van der Waals surface area contributed by atoms with Crippen molar-refractivity contribution in [3.63, 3.8) is 0 Å². The Kier molecular flexibility index (Phi) is 9.23. The summed E-state index contributed by atoms with van der Waals surface area (Å²) in [7, 11) is 0. The van der Waals surface area contributed by atoms with Crippen LogP contribution in [0.3, 0.4) is 0 Å². The number of aliphatic hydroxyl groups excluding tert-OH is 2. The van der Waals surface area contributed by atoms with Crippen molar-refractivity contribution in [1.82, 2.24) is 0 Å². The second-order valence-corrected chi connectivity index (χ2v) is 7.59. The fourth-order valence-electron chi connectivity index (χ4n) is 3.76. The predicted octanol–water partition coefficient (Wildman–Crippen LogP) is 3.64. The van der Waals surface area contributed by atoms with Crippen molar-refractivity contribution in [2.45, 2.75) is 84.3 Å². The molecule has 0 bridgehead atoms. The number of allylic oxidation sites excluding steroid dienone is 1. The van der Waals surface area contributed by atoms with Crippen LogP contribution in [0.25, 0.3) is 0 Å². The number of rotatable bonds is 11. The Balaban J connectivity index is 2.89. The number of Topliss-reactive ketones (excluding diaryl/α,β-unsaturated/α-hetero) is 1. The van der Waals surface area contributed by atoms with Crippen LogP contribution in [0, 0.1) is 11.3 Å². The van der Waals surface area contributed by atoms with Gasteiger partial charge in [0, 0.05) is 30.6 Å². The Morgan fingerprint density at radius 1 is 1.31 bits per heavy atom. The summed E-state index contributed by atoms with van der Waals surface area (Å²) in [6.07, 6.45) is 8.64. The Hall–Kier alpha value is -1.46. The van der Waals surface area contributed by atoms with Gasteiger partial charge >= 0.3 is 5.97 Å². The van der Waals surface area contributed by atoms with Gasteiger partial charge in [0.05, 0.1) is 12.2 Å². The third-order valence-electron chi connectivity index (χ3n) is 5.56. The molecule has 0 radical (unpaired) electrons. The average Bonchev–Trinajstić information content (AvgIpc) is 2.91. The van der Waals surface area contributed by atoms with Gasteiger partial charge in [-0.15, -0.1) is 0 Å². The minimum absolute atomic E-state index is 0.0539. The van der Waals surface area contributed by atoms with Crippen LogP contribution in [0.4, 0.5) is 0 Å². The molecule has 26 heavy (non-hydrogen) atoms. The first kappa shape index (κ1) is 22.6. The van der Waals surface area contributed by atoms with E-state index in [1.54, 1.807) is 12.2 Å². The second kappa shape index (κ2) is 10.6. The topological polar surface area (TPSA) is 94.8 Å². The van der Waals surface area contributed by atoms with Gasteiger partial charge in [0.2, 0.25) is 0 Å². The molecule has 0 saturated heterocycles. The van der Waals surface area contributed by atoms with E-state index in [0.717, 1.165) is 24.8 Å². The molecule has 0 aliphatic heterocycles. The molecule has 0 spiro atoms. The van der Waals surface area contributed by atoms with Crippen molar-refractivity contribution in [2.75, 3.05) is 0 Å². The number of carbonyl (C=O) groups is 2. The average molecular weight is 366 g/mol. The SMILES string of the molecule is C/C=C(\CCCC(=O)O)C(C)(CCCC)C(O)/C=C/[C@@H]1CC(=O)CC1O. The Morgan fingerprint density at radius 3 is 2.50 bits per heavy atom. The first-order valence-electron chi connectivity index (χ1n) is 9.68. The predicted molar refractivity (Wildman–Crippen MR) is 102 cm³/mol. The highest BCUT2D eigenvalue weighted by molar-refractivity contribution is 5.81. The Bertz CT molecular complexity index is 537. The molecule has 0 aromatic heterocycles. The van der Waals surface area contributed by atoms with Crippen LogP contribution in [0.2, 0.25) is 0 Å². The number of hydrogen-bond donors (Lipinski definition) is 3. The largest absolute Gasteiger partial charge is 0.481 e. The summed E-state index contributed by atoms with van der Waals surface area (Å²) >= 11 is 0. The molecule has 0 heterocycles. The van der Waals surface area contributed by atoms with E-state index in [1.807, 2.05) is 19.9 Å². The first-order chi connectivity index (χ1) is 12.2. The third-order valence-corrected chi connectivity index (χ3v) is 5.56. The van der Waals surface area contributed by atoms with E-state index in [4.69, 9.17) is 5.11 Å². The van der Waals surface area contributed by atoms with E-state index in [9.17, 15) is 19.8 Å². The highest BCUT2D eigenvalue weighted by atomic mass is 16.4. The van der Waals surface area contributed by atoms with Gasteiger partial charge in [-0.25, -0.2) is 0 Å². The van der Waals surface area contributed by atoms with Gasteiger partial charge in [-0.3, -0.25) is 9.59 Å². The maximum Gasteiger partial charge on any atom is 0.303 e. The summed E-state index contributed by atoms with van der Waals surface area (Å²) in [5, 5.41) is 29.7. The van der Waals surface area contributed by atoms with Crippen LogP contribution in [-0.2, 0) is 9.59 Å². The molecular formula is C21H34O5. The maximum atomic E-state index is 11.5. The number of hydrogen-bond acceptors (Lipinski definition) is 4. The second-order valence-electron chi connectivity index (χ2n) is 7.59. The fourth-order valence-corrected chi connectivity index (χ4v) is 3.76. The molecule has 0 aromatic rings.